The molecule has 1 amide bonds. The molecule has 40 heavy (non-hydrogen) atoms. The zero-order chi connectivity index (χ0) is 27.8. The predicted octanol–water partition coefficient (Wildman–Crippen LogP) is 3.29. The quantitative estimate of drug-likeness (QED) is 0.285. The summed E-state index contributed by atoms with van der Waals surface area (Å²) in [5.74, 6) is -2.72. The number of nitrogens with zero attached hydrogens (tertiary/aromatic N) is 4. The van der Waals surface area contributed by atoms with Crippen LogP contribution in [0.4, 0.5) is 17.2 Å². The molecule has 0 aliphatic carbocycles. The van der Waals surface area contributed by atoms with E-state index in [4.69, 9.17) is 13.9 Å². The Morgan fingerprint density at radius 2 is 1.68 bits per heavy atom. The highest BCUT2D eigenvalue weighted by Gasteiger charge is 2.39. The summed E-state index contributed by atoms with van der Waals surface area (Å²) in [5.41, 5.74) is 0.702. The number of piperidine rings is 1. The molecule has 0 spiro atoms. The molecule has 0 atom stereocenters. The first-order valence-corrected chi connectivity index (χ1v) is 12.7. The molecule has 3 saturated heterocycles. The molecule has 2 bridgehead atoms. The molecule has 4 aliphatic rings. The lowest BCUT2D eigenvalue weighted by Gasteiger charge is -2.30. The maximum absolute atomic E-state index is 13.8. The minimum absolute atomic E-state index is 0.0168. The third kappa shape index (κ3) is 4.78. The van der Waals surface area contributed by atoms with Crippen molar-refractivity contribution in [3.63, 3.8) is 0 Å². The van der Waals surface area contributed by atoms with Crippen LogP contribution in [0.2, 0.25) is 0 Å². The molecule has 7 rings (SSSR count). The van der Waals surface area contributed by atoms with Gasteiger partial charge in [0.1, 0.15) is 0 Å². The number of pyridine rings is 1. The normalized spacial score (nSPS) is 20.9. The second kappa shape index (κ2) is 10.3. The minimum Gasteiger partial charge on any atom is -0.443 e. The average molecular weight is 546 g/mol. The summed E-state index contributed by atoms with van der Waals surface area (Å²) >= 11 is 0. The van der Waals surface area contributed by atoms with E-state index in [0.717, 1.165) is 44.6 Å². The van der Waals surface area contributed by atoms with Crippen molar-refractivity contribution in [1.82, 2.24) is 14.8 Å². The molecule has 6 heterocycles. The molecular weight excluding hydrogens is 522 g/mol. The minimum atomic E-state index is -0.848. The van der Waals surface area contributed by atoms with Gasteiger partial charge in [-0.1, -0.05) is 0 Å². The lowest BCUT2D eigenvalue weighted by molar-refractivity contribution is -0.384. The molecule has 0 unspecified atom stereocenters. The first-order chi connectivity index (χ1) is 19.4. The molecule has 3 aromatic rings. The van der Waals surface area contributed by atoms with Gasteiger partial charge in [0.25, 0.3) is 5.91 Å². The molecule has 1 aromatic carbocycles. The number of hydrogen-bond acceptors (Lipinski definition) is 11. The van der Waals surface area contributed by atoms with Crippen LogP contribution in [0.25, 0.3) is 11.3 Å². The van der Waals surface area contributed by atoms with Crippen LogP contribution in [0.15, 0.2) is 59.2 Å². The number of hydrogen-bond donors (Lipinski definition) is 1. The number of carbonyl (C=O) groups excluding carboxylic acids is 3. The summed E-state index contributed by atoms with van der Waals surface area (Å²) < 4.78 is 16.9. The molecule has 2 aromatic heterocycles. The van der Waals surface area contributed by atoms with Gasteiger partial charge >= 0.3 is 17.6 Å². The highest BCUT2D eigenvalue weighted by Crippen LogP contribution is 2.46. The van der Waals surface area contributed by atoms with Crippen molar-refractivity contribution in [2.45, 2.75) is 18.9 Å². The van der Waals surface area contributed by atoms with Gasteiger partial charge in [0.2, 0.25) is 23.1 Å². The van der Waals surface area contributed by atoms with Gasteiger partial charge in [-0.05, 0) is 43.2 Å². The summed E-state index contributed by atoms with van der Waals surface area (Å²) in [6.45, 7) is 3.01. The summed E-state index contributed by atoms with van der Waals surface area (Å²) in [6.07, 6.45) is 4.92. The second-order valence-electron chi connectivity index (χ2n) is 9.50. The van der Waals surface area contributed by atoms with Crippen molar-refractivity contribution in [3.8, 4) is 22.8 Å². The van der Waals surface area contributed by atoms with Crippen LogP contribution < -0.4 is 14.8 Å². The zero-order valence-corrected chi connectivity index (χ0v) is 21.1. The predicted molar refractivity (Wildman–Crippen MR) is 139 cm³/mol. The molecule has 13 nitrogen and oxygen atoms in total. The number of nitrogens with one attached hydrogen (secondary N) is 1. The van der Waals surface area contributed by atoms with E-state index in [1.165, 1.54) is 18.3 Å². The fourth-order valence-corrected chi connectivity index (χ4v) is 5.09. The Morgan fingerprint density at radius 1 is 0.975 bits per heavy atom. The van der Waals surface area contributed by atoms with Crippen molar-refractivity contribution < 1.29 is 33.2 Å². The van der Waals surface area contributed by atoms with Crippen LogP contribution in [0.5, 0.6) is 11.5 Å². The Kier molecular flexibility index (Phi) is 6.48. The van der Waals surface area contributed by atoms with E-state index >= 15 is 0 Å². The number of fused-ring (bicyclic) bond motifs is 5. The number of benzene rings is 1. The maximum Gasteiger partial charge on any atom is 0.336 e. The monoisotopic (exact) mass is 545 g/mol. The topological polar surface area (TPSA) is 157 Å². The first-order valence-electron chi connectivity index (χ1n) is 12.7. The molecule has 0 radical (unpaired) electrons. The van der Waals surface area contributed by atoms with Gasteiger partial charge in [-0.25, -0.2) is 14.6 Å². The zero-order valence-electron chi connectivity index (χ0n) is 21.1. The van der Waals surface area contributed by atoms with Crippen LogP contribution in [-0.2, 0) is 9.59 Å². The molecule has 1 N–H and O–H groups in total. The van der Waals surface area contributed by atoms with E-state index in [0.29, 0.717) is 17.8 Å². The standard InChI is InChI=1S/C27H23N5O8/c33-20-7-8-21(34)39-24-23(38-20)22(40-25(24)27(35)31-15-14-30-12-9-18(31)10-13-30)16-3-5-17(6-4-16)29-26-19(32(36)37)2-1-11-28-26/h1-8,11,18H,9-10,12-15H2,(H,28,29)/b8-7+. The Balaban J connectivity index is 1.37. The number of esters is 2. The third-order valence-corrected chi connectivity index (χ3v) is 7.09. The number of aromatic nitrogens is 1. The largest absolute Gasteiger partial charge is 0.443 e. The van der Waals surface area contributed by atoms with Crippen LogP contribution in [-0.4, -0.2) is 69.8 Å². The second-order valence-corrected chi connectivity index (χ2v) is 9.50. The van der Waals surface area contributed by atoms with Crippen molar-refractivity contribution in [2.24, 2.45) is 0 Å². The van der Waals surface area contributed by atoms with E-state index < -0.39 is 22.8 Å². The lowest BCUT2D eigenvalue weighted by atomic mass is 10.0. The van der Waals surface area contributed by atoms with Gasteiger partial charge < -0.3 is 29.0 Å². The molecule has 3 fully saturated rings. The van der Waals surface area contributed by atoms with Gasteiger partial charge in [0, 0.05) is 67.9 Å². The molecule has 0 saturated carbocycles. The number of ether oxygens (including phenoxy) is 2. The summed E-state index contributed by atoms with van der Waals surface area (Å²) in [7, 11) is 0. The number of nitro groups is 1. The van der Waals surface area contributed by atoms with E-state index in [1.54, 1.807) is 29.2 Å². The summed E-state index contributed by atoms with van der Waals surface area (Å²) in [4.78, 5) is 57.3. The van der Waals surface area contributed by atoms with Gasteiger partial charge in [-0.2, -0.15) is 0 Å². The van der Waals surface area contributed by atoms with E-state index in [2.05, 4.69) is 15.2 Å². The highest BCUT2D eigenvalue weighted by molar-refractivity contribution is 6.02. The van der Waals surface area contributed by atoms with Crippen molar-refractivity contribution in [1.29, 1.82) is 0 Å². The van der Waals surface area contributed by atoms with E-state index in [9.17, 15) is 24.5 Å². The maximum atomic E-state index is 13.8. The van der Waals surface area contributed by atoms with Gasteiger partial charge in [0.05, 0.1) is 4.92 Å². The van der Waals surface area contributed by atoms with Crippen LogP contribution in [0.3, 0.4) is 0 Å². The Hall–Kier alpha value is -5.04. The molecule has 4 aliphatic heterocycles. The summed E-state index contributed by atoms with van der Waals surface area (Å²) in [5, 5.41) is 14.2. The Bertz CT molecular complexity index is 1540. The average Bonchev–Trinajstić information content (AvgIpc) is 3.09. The first kappa shape index (κ1) is 25.2. The van der Waals surface area contributed by atoms with E-state index in [-0.39, 0.29) is 40.6 Å². The third-order valence-electron chi connectivity index (χ3n) is 7.09. The number of carbonyl (C=O) groups is 3. The molecule has 13 heteroatoms. The number of anilines is 2. The van der Waals surface area contributed by atoms with Gasteiger partial charge in [-0.15, -0.1) is 0 Å². The van der Waals surface area contributed by atoms with Crippen LogP contribution in [0, 0.1) is 10.1 Å². The number of amides is 1. The van der Waals surface area contributed by atoms with Gasteiger partial charge in [-0.3, -0.25) is 14.9 Å². The van der Waals surface area contributed by atoms with Crippen LogP contribution >= 0.6 is 0 Å². The molecule has 204 valence electrons. The van der Waals surface area contributed by atoms with Crippen molar-refractivity contribution >= 4 is 35.0 Å². The Morgan fingerprint density at radius 3 is 2.38 bits per heavy atom. The summed E-state index contributed by atoms with van der Waals surface area (Å²) in [6, 6.07) is 9.26. The van der Waals surface area contributed by atoms with Crippen LogP contribution in [0.1, 0.15) is 23.4 Å². The number of furan rings is 1. The van der Waals surface area contributed by atoms with E-state index in [1.807, 2.05) is 0 Å². The smallest absolute Gasteiger partial charge is 0.336 e. The Labute approximate surface area is 227 Å². The SMILES string of the molecule is O=C1/C=C/C(=O)Oc2c(-c3ccc(Nc4ncccc4[N+](=O)[O-])cc3)oc(C(=O)N3CCN4CCC3CC4)c2O1. The lowest BCUT2D eigenvalue weighted by Crippen LogP contribution is -2.41. The fourth-order valence-electron chi connectivity index (χ4n) is 5.09. The highest BCUT2D eigenvalue weighted by atomic mass is 16.6. The fraction of sp³-hybridized carbons (Fsp3) is 0.259. The van der Waals surface area contributed by atoms with Crippen molar-refractivity contribution in [2.75, 3.05) is 31.5 Å². The molecular formula is C27H23N5O8. The van der Waals surface area contributed by atoms with Crippen molar-refractivity contribution in [3.05, 3.63) is 70.6 Å². The number of rotatable bonds is 5. The van der Waals surface area contributed by atoms with Gasteiger partial charge in [0.15, 0.2) is 5.76 Å².